The molecule has 0 aliphatic carbocycles. The molecule has 1 aliphatic heterocycles. The van der Waals surface area contributed by atoms with Crippen molar-refractivity contribution < 1.29 is 9.53 Å². The maximum Gasteiger partial charge on any atom is 0.278 e. The summed E-state index contributed by atoms with van der Waals surface area (Å²) in [5.74, 6) is 0.459. The average molecular weight is 523 g/mol. The summed E-state index contributed by atoms with van der Waals surface area (Å²) in [6.07, 6.45) is 0. The average Bonchev–Trinajstić information content (AvgIpc) is 3.21. The third kappa shape index (κ3) is 5.66. The highest BCUT2D eigenvalue weighted by atomic mass is 35.5. The van der Waals surface area contributed by atoms with Gasteiger partial charge in [0.1, 0.15) is 0 Å². The Morgan fingerprint density at radius 2 is 1.76 bits per heavy atom. The van der Waals surface area contributed by atoms with Crippen LogP contribution < -0.4 is 4.90 Å². The Bertz CT molecular complexity index is 1140. The highest BCUT2D eigenvalue weighted by molar-refractivity contribution is 6.34. The molecule has 34 heavy (non-hydrogen) atoms. The van der Waals surface area contributed by atoms with Crippen LogP contribution >= 0.6 is 34.8 Å². The molecule has 1 amide bonds. The minimum Gasteiger partial charge on any atom is -0.378 e. The van der Waals surface area contributed by atoms with Gasteiger partial charge in [0.15, 0.2) is 11.5 Å². The van der Waals surface area contributed by atoms with E-state index in [1.807, 2.05) is 50.2 Å². The zero-order valence-corrected chi connectivity index (χ0v) is 21.3. The molecule has 2 aromatic carbocycles. The van der Waals surface area contributed by atoms with Crippen molar-refractivity contribution in [3.8, 4) is 0 Å². The molecule has 0 saturated carbocycles. The molecule has 2 heterocycles. The van der Waals surface area contributed by atoms with Gasteiger partial charge < -0.3 is 14.5 Å². The quantitative estimate of drug-likeness (QED) is 0.428. The number of ether oxygens (including phenoxy) is 1. The van der Waals surface area contributed by atoms with E-state index < -0.39 is 0 Å². The smallest absolute Gasteiger partial charge is 0.278 e. The number of halogens is 3. The number of aromatic nitrogens is 3. The van der Waals surface area contributed by atoms with Crippen molar-refractivity contribution in [1.82, 2.24) is 19.9 Å². The number of rotatable bonds is 7. The van der Waals surface area contributed by atoms with Gasteiger partial charge in [0.05, 0.1) is 19.8 Å². The van der Waals surface area contributed by atoms with Crippen LogP contribution in [0, 0.1) is 0 Å². The predicted octanol–water partition coefficient (Wildman–Crippen LogP) is 5.17. The Labute approximate surface area is 214 Å². The van der Waals surface area contributed by atoms with E-state index in [1.165, 1.54) is 0 Å². The third-order valence-corrected chi connectivity index (χ3v) is 6.46. The topological polar surface area (TPSA) is 63.5 Å². The molecule has 1 fully saturated rings. The molecule has 0 bridgehead atoms. The fourth-order valence-corrected chi connectivity index (χ4v) is 4.72. The zero-order valence-electron chi connectivity index (χ0n) is 19.0. The number of hydrogen-bond acceptors (Lipinski definition) is 5. The lowest BCUT2D eigenvalue weighted by molar-refractivity contribution is 0.0683. The van der Waals surface area contributed by atoms with Gasteiger partial charge in [0.2, 0.25) is 0 Å². The van der Waals surface area contributed by atoms with Crippen molar-refractivity contribution in [2.45, 2.75) is 33.0 Å². The van der Waals surface area contributed by atoms with E-state index in [2.05, 4.69) is 15.2 Å². The van der Waals surface area contributed by atoms with Crippen molar-refractivity contribution in [3.05, 3.63) is 74.4 Å². The summed E-state index contributed by atoms with van der Waals surface area (Å²) in [6, 6.07) is 12.8. The second-order valence-electron chi connectivity index (χ2n) is 8.41. The van der Waals surface area contributed by atoms with Gasteiger partial charge in [-0.15, -0.1) is 5.10 Å². The second-order valence-corrected chi connectivity index (χ2v) is 9.69. The van der Waals surface area contributed by atoms with Gasteiger partial charge in [-0.3, -0.25) is 4.79 Å². The number of carbonyl (C=O) groups excluding carboxylic acids is 1. The Kier molecular flexibility index (Phi) is 7.99. The lowest BCUT2D eigenvalue weighted by Gasteiger charge is -2.31. The minimum atomic E-state index is -0.202. The fraction of sp³-hybridized carbons (Fsp3) is 0.375. The molecule has 180 valence electrons. The van der Waals surface area contributed by atoms with Crippen LogP contribution in [0.4, 0.5) is 5.82 Å². The Hall–Kier alpha value is -2.32. The van der Waals surface area contributed by atoms with Crippen LogP contribution in [0.15, 0.2) is 42.5 Å². The molecule has 1 aromatic heterocycles. The maximum absolute atomic E-state index is 13.8. The Morgan fingerprint density at radius 1 is 1.09 bits per heavy atom. The van der Waals surface area contributed by atoms with Crippen molar-refractivity contribution in [3.63, 3.8) is 0 Å². The van der Waals surface area contributed by atoms with Gasteiger partial charge in [-0.05, 0) is 49.2 Å². The van der Waals surface area contributed by atoms with E-state index in [0.29, 0.717) is 66.0 Å². The fourth-order valence-electron chi connectivity index (χ4n) is 3.95. The summed E-state index contributed by atoms with van der Waals surface area (Å²) < 4.78 is 7.26. The highest BCUT2D eigenvalue weighted by Gasteiger charge is 2.30. The van der Waals surface area contributed by atoms with E-state index in [-0.39, 0.29) is 11.9 Å². The monoisotopic (exact) mass is 521 g/mol. The van der Waals surface area contributed by atoms with Crippen molar-refractivity contribution >= 4 is 46.5 Å². The van der Waals surface area contributed by atoms with E-state index in [0.717, 1.165) is 11.1 Å². The van der Waals surface area contributed by atoms with Crippen LogP contribution in [0.1, 0.15) is 35.5 Å². The van der Waals surface area contributed by atoms with Crippen molar-refractivity contribution in [2.75, 3.05) is 31.2 Å². The summed E-state index contributed by atoms with van der Waals surface area (Å²) in [4.78, 5) is 17.7. The molecular weight excluding hydrogens is 497 g/mol. The predicted molar refractivity (Wildman–Crippen MR) is 135 cm³/mol. The first-order valence-corrected chi connectivity index (χ1v) is 12.2. The first-order chi connectivity index (χ1) is 16.3. The van der Waals surface area contributed by atoms with Crippen LogP contribution in [0.5, 0.6) is 0 Å². The summed E-state index contributed by atoms with van der Waals surface area (Å²) in [7, 11) is 0. The molecule has 1 saturated heterocycles. The lowest BCUT2D eigenvalue weighted by Crippen LogP contribution is -2.41. The first-order valence-electron chi connectivity index (χ1n) is 11.1. The third-order valence-electron chi connectivity index (χ3n) is 5.66. The molecule has 0 radical (unpaired) electrons. The number of benzene rings is 2. The molecule has 0 atom stereocenters. The van der Waals surface area contributed by atoms with Gasteiger partial charge in [0.25, 0.3) is 5.91 Å². The highest BCUT2D eigenvalue weighted by Crippen LogP contribution is 2.27. The molecule has 7 nitrogen and oxygen atoms in total. The number of nitrogens with zero attached hydrogens (tertiary/aromatic N) is 5. The zero-order chi connectivity index (χ0) is 24.2. The molecule has 1 aliphatic rings. The van der Waals surface area contributed by atoms with Crippen LogP contribution in [-0.4, -0.2) is 58.1 Å². The Balaban J connectivity index is 1.70. The van der Waals surface area contributed by atoms with Crippen molar-refractivity contribution in [2.24, 2.45) is 0 Å². The maximum atomic E-state index is 13.8. The summed E-state index contributed by atoms with van der Waals surface area (Å²) in [5.41, 5.74) is 2.04. The van der Waals surface area contributed by atoms with E-state index in [4.69, 9.17) is 39.5 Å². The molecule has 10 heteroatoms. The lowest BCUT2D eigenvalue weighted by atomic mass is 10.1. The minimum absolute atomic E-state index is 0.0711. The number of carbonyl (C=O) groups is 1. The molecule has 0 spiro atoms. The Morgan fingerprint density at radius 3 is 2.41 bits per heavy atom. The van der Waals surface area contributed by atoms with Crippen molar-refractivity contribution in [1.29, 1.82) is 0 Å². The SMILES string of the molecule is CC(C)N(Cc1ccccc1Cl)C(=O)c1nnn(Cc2cc(Cl)cc(Cl)c2)c1N1CCOCC1. The molecule has 0 N–H and O–H groups in total. The first kappa shape index (κ1) is 24.8. The molecular formula is C24H26Cl3N5O2. The van der Waals surface area contributed by atoms with Gasteiger partial charge >= 0.3 is 0 Å². The summed E-state index contributed by atoms with van der Waals surface area (Å²) in [5, 5.41) is 10.4. The number of morpholine rings is 1. The molecule has 0 unspecified atom stereocenters. The second kappa shape index (κ2) is 11.0. The largest absolute Gasteiger partial charge is 0.378 e. The van der Waals surface area contributed by atoms with Crippen LogP contribution in [-0.2, 0) is 17.8 Å². The van der Waals surface area contributed by atoms with Crippen LogP contribution in [0.2, 0.25) is 15.1 Å². The van der Waals surface area contributed by atoms with E-state index in [1.54, 1.807) is 15.6 Å². The number of hydrogen-bond donors (Lipinski definition) is 0. The van der Waals surface area contributed by atoms with Gasteiger partial charge in [-0.25, -0.2) is 4.68 Å². The van der Waals surface area contributed by atoms with Crippen LogP contribution in [0.3, 0.4) is 0 Å². The van der Waals surface area contributed by atoms with E-state index >= 15 is 0 Å². The number of amides is 1. The van der Waals surface area contributed by atoms with Crippen LogP contribution in [0.25, 0.3) is 0 Å². The molecule has 3 aromatic rings. The van der Waals surface area contributed by atoms with Gasteiger partial charge in [-0.2, -0.15) is 0 Å². The van der Waals surface area contributed by atoms with E-state index in [9.17, 15) is 4.79 Å². The summed E-state index contributed by atoms with van der Waals surface area (Å²) >= 11 is 18.8. The molecule has 4 rings (SSSR count). The van der Waals surface area contributed by atoms with Gasteiger partial charge in [-0.1, -0.05) is 58.2 Å². The standard InChI is InChI=1S/C24H26Cl3N5O2/c1-16(2)31(15-18-5-3-4-6-21(18)27)24(33)22-23(30-7-9-34-10-8-30)32(29-28-22)14-17-11-19(25)13-20(26)12-17/h3-6,11-13,16H,7-10,14-15H2,1-2H3. The van der Waals surface area contributed by atoms with Gasteiger partial charge in [0, 0.05) is 40.7 Å². The normalized spacial score (nSPS) is 14.0. The number of anilines is 1. The summed E-state index contributed by atoms with van der Waals surface area (Å²) in [6.45, 7) is 7.09.